The molecule has 1 heterocycles. The van der Waals surface area contributed by atoms with E-state index in [2.05, 4.69) is 9.97 Å². The predicted octanol–water partition coefficient (Wildman–Crippen LogP) is 2.98. The van der Waals surface area contributed by atoms with Crippen molar-refractivity contribution in [3.05, 3.63) is 59.9 Å². The number of nitrogens with one attached hydrogen (secondary N) is 1. The molecule has 2 aromatic carbocycles. The molecule has 1 unspecified atom stereocenters. The van der Waals surface area contributed by atoms with Crippen LogP contribution in [0.3, 0.4) is 0 Å². The topological polar surface area (TPSA) is 75.2 Å². The van der Waals surface area contributed by atoms with Crippen LogP contribution in [0.2, 0.25) is 0 Å². The van der Waals surface area contributed by atoms with Crippen LogP contribution in [0.4, 0.5) is 0 Å². The number of carboxylic acids is 1. The fourth-order valence-corrected chi connectivity index (χ4v) is 2.66. The van der Waals surface area contributed by atoms with Crippen LogP contribution in [-0.4, -0.2) is 28.2 Å². The summed E-state index contributed by atoms with van der Waals surface area (Å²) >= 11 is 0. The molecule has 1 atom stereocenters. The van der Waals surface area contributed by atoms with Crippen molar-refractivity contribution in [3.8, 4) is 5.75 Å². The van der Waals surface area contributed by atoms with Crippen LogP contribution < -0.4 is 4.74 Å². The van der Waals surface area contributed by atoms with Crippen molar-refractivity contribution in [3.63, 3.8) is 0 Å². The lowest BCUT2D eigenvalue weighted by atomic mass is 9.91. The number of methoxy groups -OCH3 is 1. The summed E-state index contributed by atoms with van der Waals surface area (Å²) < 4.78 is 5.27. The van der Waals surface area contributed by atoms with Gasteiger partial charge in [-0.25, -0.2) is 4.98 Å². The number of nitrogens with zero attached hydrogens (tertiary/aromatic N) is 1. The smallest absolute Gasteiger partial charge is 0.311 e. The first-order chi connectivity index (χ1) is 10.7. The van der Waals surface area contributed by atoms with Gasteiger partial charge in [-0.2, -0.15) is 0 Å². The van der Waals surface area contributed by atoms with Crippen LogP contribution in [0, 0.1) is 0 Å². The highest BCUT2D eigenvalue weighted by Crippen LogP contribution is 2.32. The average molecular weight is 296 g/mol. The fourth-order valence-electron chi connectivity index (χ4n) is 2.66. The predicted molar refractivity (Wildman–Crippen MR) is 83.2 cm³/mol. The van der Waals surface area contributed by atoms with Gasteiger partial charge in [-0.05, 0) is 23.6 Å². The lowest BCUT2D eigenvalue weighted by Gasteiger charge is -2.14. The zero-order chi connectivity index (χ0) is 15.5. The standard InChI is InChI=1S/C17H16N2O3/c1-22-14-8-7-12(15-16(14)19-10-18-15)13(17(20)21)9-11-5-3-2-4-6-11/h2-8,10,13H,9H2,1H3,(H,18,19)(H,20,21). The summed E-state index contributed by atoms with van der Waals surface area (Å²) in [6.07, 6.45) is 1.98. The Balaban J connectivity index is 2.06. The molecule has 0 aliphatic carbocycles. The van der Waals surface area contributed by atoms with E-state index in [1.54, 1.807) is 25.6 Å². The number of hydrogen-bond acceptors (Lipinski definition) is 3. The van der Waals surface area contributed by atoms with E-state index in [9.17, 15) is 9.90 Å². The Morgan fingerprint density at radius 3 is 2.73 bits per heavy atom. The quantitative estimate of drug-likeness (QED) is 0.759. The minimum Gasteiger partial charge on any atom is -0.494 e. The third-order valence-corrected chi connectivity index (χ3v) is 3.75. The third kappa shape index (κ3) is 2.53. The van der Waals surface area contributed by atoms with Crippen molar-refractivity contribution in [2.45, 2.75) is 12.3 Å². The van der Waals surface area contributed by atoms with E-state index >= 15 is 0 Å². The molecule has 0 amide bonds. The molecule has 5 nitrogen and oxygen atoms in total. The largest absolute Gasteiger partial charge is 0.494 e. The van der Waals surface area contributed by atoms with Gasteiger partial charge >= 0.3 is 5.97 Å². The summed E-state index contributed by atoms with van der Waals surface area (Å²) in [6, 6.07) is 13.2. The minimum atomic E-state index is -0.857. The summed E-state index contributed by atoms with van der Waals surface area (Å²) in [7, 11) is 1.57. The van der Waals surface area contributed by atoms with Crippen molar-refractivity contribution < 1.29 is 14.6 Å². The average Bonchev–Trinajstić information content (AvgIpc) is 3.02. The zero-order valence-corrected chi connectivity index (χ0v) is 12.1. The summed E-state index contributed by atoms with van der Waals surface area (Å²) in [5.74, 6) is -0.870. The second-order valence-electron chi connectivity index (χ2n) is 5.06. The number of H-pyrrole nitrogens is 1. The first-order valence-electron chi connectivity index (χ1n) is 6.97. The molecule has 0 radical (unpaired) electrons. The maximum absolute atomic E-state index is 11.8. The van der Waals surface area contributed by atoms with Gasteiger partial charge in [0.1, 0.15) is 11.3 Å². The van der Waals surface area contributed by atoms with Crippen molar-refractivity contribution in [1.82, 2.24) is 9.97 Å². The number of carboxylic acid groups (broad SMARTS) is 1. The number of hydrogen-bond donors (Lipinski definition) is 2. The molecule has 3 aromatic rings. The van der Waals surface area contributed by atoms with E-state index < -0.39 is 11.9 Å². The third-order valence-electron chi connectivity index (χ3n) is 3.75. The van der Waals surface area contributed by atoms with Gasteiger partial charge in [0.15, 0.2) is 0 Å². The SMILES string of the molecule is COc1ccc(C(Cc2ccccc2)C(=O)O)c2[nH]cnc12. The Morgan fingerprint density at radius 2 is 2.05 bits per heavy atom. The molecule has 0 aliphatic heterocycles. The molecule has 0 saturated carbocycles. The highest BCUT2D eigenvalue weighted by atomic mass is 16.5. The van der Waals surface area contributed by atoms with Crippen LogP contribution in [0.15, 0.2) is 48.8 Å². The van der Waals surface area contributed by atoms with Crippen LogP contribution >= 0.6 is 0 Å². The van der Waals surface area contributed by atoms with Crippen LogP contribution in [0.5, 0.6) is 5.75 Å². The summed E-state index contributed by atoms with van der Waals surface area (Å²) in [6.45, 7) is 0. The monoisotopic (exact) mass is 296 g/mol. The first-order valence-corrected chi connectivity index (χ1v) is 6.97. The Labute approximate surface area is 127 Å². The van der Waals surface area contributed by atoms with Crippen LogP contribution in [0.25, 0.3) is 11.0 Å². The molecule has 2 N–H and O–H groups in total. The Kier molecular flexibility index (Phi) is 3.78. The van der Waals surface area contributed by atoms with Crippen molar-refractivity contribution in [2.24, 2.45) is 0 Å². The van der Waals surface area contributed by atoms with Crippen molar-refractivity contribution in [2.75, 3.05) is 7.11 Å². The van der Waals surface area contributed by atoms with Gasteiger partial charge in [-0.3, -0.25) is 4.79 Å². The highest BCUT2D eigenvalue weighted by molar-refractivity contribution is 5.89. The van der Waals surface area contributed by atoms with E-state index in [0.717, 1.165) is 5.56 Å². The summed E-state index contributed by atoms with van der Waals surface area (Å²) in [4.78, 5) is 19.0. The molecule has 0 saturated heterocycles. The molecule has 1 aromatic heterocycles. The normalized spacial score (nSPS) is 12.2. The number of aromatic nitrogens is 2. The first kappa shape index (κ1) is 14.1. The van der Waals surface area contributed by atoms with Gasteiger partial charge in [0.2, 0.25) is 0 Å². The number of imidazole rings is 1. The summed E-state index contributed by atoms with van der Waals surface area (Å²) in [5, 5.41) is 9.65. The van der Waals surface area contributed by atoms with E-state index in [-0.39, 0.29) is 0 Å². The lowest BCUT2D eigenvalue weighted by Crippen LogP contribution is -2.15. The molecule has 22 heavy (non-hydrogen) atoms. The lowest BCUT2D eigenvalue weighted by molar-refractivity contribution is -0.138. The molecule has 0 bridgehead atoms. The Bertz CT molecular complexity index is 796. The molecule has 112 valence electrons. The second-order valence-corrected chi connectivity index (χ2v) is 5.06. The van der Waals surface area contributed by atoms with Gasteiger partial charge in [0.05, 0.1) is 24.9 Å². The molecular weight excluding hydrogens is 280 g/mol. The van der Waals surface area contributed by atoms with E-state index in [1.807, 2.05) is 30.3 Å². The van der Waals surface area contributed by atoms with Crippen molar-refractivity contribution >= 4 is 17.0 Å². The highest BCUT2D eigenvalue weighted by Gasteiger charge is 2.24. The molecule has 3 rings (SSSR count). The number of rotatable bonds is 5. The number of benzene rings is 2. The maximum Gasteiger partial charge on any atom is 0.311 e. The summed E-state index contributed by atoms with van der Waals surface area (Å²) in [5.41, 5.74) is 3.06. The van der Waals surface area contributed by atoms with E-state index in [0.29, 0.717) is 28.8 Å². The van der Waals surface area contributed by atoms with Crippen LogP contribution in [0.1, 0.15) is 17.0 Å². The van der Waals surface area contributed by atoms with Gasteiger partial charge in [-0.15, -0.1) is 0 Å². The molecule has 0 aliphatic rings. The number of ether oxygens (including phenoxy) is 1. The van der Waals surface area contributed by atoms with Crippen LogP contribution in [-0.2, 0) is 11.2 Å². The molecule has 5 heteroatoms. The molecule has 0 spiro atoms. The minimum absolute atomic E-state index is 0.427. The fraction of sp³-hybridized carbons (Fsp3) is 0.176. The maximum atomic E-state index is 11.8. The number of aromatic amines is 1. The number of aliphatic carboxylic acids is 1. The van der Waals surface area contributed by atoms with Gasteiger partial charge in [-0.1, -0.05) is 36.4 Å². The molecular formula is C17H16N2O3. The Morgan fingerprint density at radius 1 is 1.27 bits per heavy atom. The van der Waals surface area contributed by atoms with Gasteiger partial charge in [0.25, 0.3) is 0 Å². The van der Waals surface area contributed by atoms with E-state index in [4.69, 9.17) is 4.74 Å². The number of carbonyl (C=O) groups is 1. The number of fused-ring (bicyclic) bond motifs is 1. The van der Waals surface area contributed by atoms with Gasteiger partial charge < -0.3 is 14.8 Å². The molecule has 0 fully saturated rings. The van der Waals surface area contributed by atoms with Gasteiger partial charge in [0, 0.05) is 0 Å². The second kappa shape index (κ2) is 5.89. The van der Waals surface area contributed by atoms with E-state index in [1.165, 1.54) is 0 Å². The Hall–Kier alpha value is -2.82. The van der Waals surface area contributed by atoms with Crippen molar-refractivity contribution in [1.29, 1.82) is 0 Å². The zero-order valence-electron chi connectivity index (χ0n) is 12.1.